The van der Waals surface area contributed by atoms with Gasteiger partial charge in [0, 0.05) is 26.2 Å². The van der Waals surface area contributed by atoms with Crippen LogP contribution in [0, 0.1) is 0 Å². The number of anilines is 3. The van der Waals surface area contributed by atoms with Crippen LogP contribution >= 0.6 is 11.3 Å². The molecule has 0 aliphatic rings. The zero-order valence-corrected chi connectivity index (χ0v) is 27.1. The Balaban J connectivity index is 1.56. The molecule has 0 radical (unpaired) electrons. The highest BCUT2D eigenvalue weighted by Crippen LogP contribution is 2.51. The molecule has 0 saturated heterocycles. The Morgan fingerprint density at radius 1 is 0.511 bits per heavy atom. The molecule has 8 aromatic rings. The molecule has 47 heavy (non-hydrogen) atoms. The SMILES string of the molecule is C=Cc1cc(N(c2cccc3ccccc23)c2cccc3c2sc2c(C=C)c(C=C)c4ccccc4c23)c2ccccc2c1/C=C\C. The van der Waals surface area contributed by atoms with Gasteiger partial charge < -0.3 is 4.90 Å². The molecule has 0 saturated carbocycles. The van der Waals surface area contributed by atoms with E-state index in [1.807, 2.05) is 29.6 Å². The van der Waals surface area contributed by atoms with Gasteiger partial charge in [-0.3, -0.25) is 0 Å². The highest BCUT2D eigenvalue weighted by molar-refractivity contribution is 7.27. The molecule has 2 heteroatoms. The molecule has 0 N–H and O–H groups in total. The second kappa shape index (κ2) is 11.6. The predicted octanol–water partition coefficient (Wildman–Crippen LogP) is 13.9. The summed E-state index contributed by atoms with van der Waals surface area (Å²) in [5.41, 5.74) is 7.92. The molecule has 0 spiro atoms. The zero-order valence-electron chi connectivity index (χ0n) is 26.3. The van der Waals surface area contributed by atoms with E-state index in [1.165, 1.54) is 58.1 Å². The van der Waals surface area contributed by atoms with Gasteiger partial charge in [0.05, 0.1) is 21.8 Å². The van der Waals surface area contributed by atoms with Crippen LogP contribution in [0.2, 0.25) is 0 Å². The number of hydrogen-bond acceptors (Lipinski definition) is 2. The van der Waals surface area contributed by atoms with Crippen LogP contribution in [0.15, 0.2) is 141 Å². The highest BCUT2D eigenvalue weighted by Gasteiger charge is 2.24. The summed E-state index contributed by atoms with van der Waals surface area (Å²) >= 11 is 1.84. The summed E-state index contributed by atoms with van der Waals surface area (Å²) in [5, 5.41) is 9.71. The van der Waals surface area contributed by atoms with E-state index in [2.05, 4.69) is 159 Å². The zero-order chi connectivity index (χ0) is 32.1. The van der Waals surface area contributed by atoms with Gasteiger partial charge in [0.25, 0.3) is 0 Å². The average Bonchev–Trinajstić information content (AvgIpc) is 3.52. The molecule has 0 amide bonds. The second-order valence-corrected chi connectivity index (χ2v) is 12.7. The van der Waals surface area contributed by atoms with E-state index in [1.54, 1.807) is 0 Å². The number of nitrogens with zero attached hydrogens (tertiary/aromatic N) is 1. The van der Waals surface area contributed by atoms with Crippen molar-refractivity contribution in [1.29, 1.82) is 0 Å². The summed E-state index contributed by atoms with van der Waals surface area (Å²) in [6, 6.07) is 41.7. The fourth-order valence-electron chi connectivity index (χ4n) is 7.26. The lowest BCUT2D eigenvalue weighted by molar-refractivity contribution is 1.33. The van der Waals surface area contributed by atoms with Crippen LogP contribution in [0.25, 0.3) is 76.8 Å². The molecule has 0 fully saturated rings. The largest absolute Gasteiger partial charge is 0.308 e. The van der Waals surface area contributed by atoms with Gasteiger partial charge in [-0.05, 0) is 68.9 Å². The van der Waals surface area contributed by atoms with E-state index >= 15 is 0 Å². The first-order valence-electron chi connectivity index (χ1n) is 15.9. The summed E-state index contributed by atoms with van der Waals surface area (Å²) in [6.45, 7) is 14.8. The number of fused-ring (bicyclic) bond motifs is 7. The molecule has 8 rings (SSSR count). The standard InChI is InChI=1S/C45H33NS/c1-5-17-33-29(6-2)28-42(37-23-13-11-22-36(33)37)46(40-26-15-19-30-18-9-10-20-34(30)40)41-27-16-25-39-43-38-24-14-12-21-35(38)31(7-3)32(8-4)45(43)47-44(39)41/h5-28H,2-4H2,1H3/b17-5-. The number of benzene rings is 7. The lowest BCUT2D eigenvalue weighted by Gasteiger charge is -2.29. The van der Waals surface area contributed by atoms with Gasteiger partial charge in [-0.25, -0.2) is 0 Å². The molecule has 7 aromatic carbocycles. The Morgan fingerprint density at radius 3 is 1.83 bits per heavy atom. The summed E-state index contributed by atoms with van der Waals surface area (Å²) in [5.74, 6) is 0. The van der Waals surface area contributed by atoms with Crippen molar-refractivity contribution in [3.8, 4) is 0 Å². The van der Waals surface area contributed by atoms with Gasteiger partial charge in [-0.2, -0.15) is 0 Å². The molecular weight excluding hydrogens is 587 g/mol. The first-order chi connectivity index (χ1) is 23.2. The average molecular weight is 620 g/mol. The van der Waals surface area contributed by atoms with Gasteiger partial charge in [-0.1, -0.05) is 147 Å². The third kappa shape index (κ3) is 4.37. The van der Waals surface area contributed by atoms with Crippen LogP contribution in [0.5, 0.6) is 0 Å². The van der Waals surface area contributed by atoms with Crippen LogP contribution in [-0.2, 0) is 0 Å². The van der Waals surface area contributed by atoms with Crippen molar-refractivity contribution < 1.29 is 0 Å². The molecule has 224 valence electrons. The van der Waals surface area contributed by atoms with Crippen molar-refractivity contribution in [3.05, 3.63) is 163 Å². The first-order valence-corrected chi connectivity index (χ1v) is 16.7. The maximum Gasteiger partial charge on any atom is 0.0640 e. The monoisotopic (exact) mass is 619 g/mol. The van der Waals surface area contributed by atoms with Crippen LogP contribution in [0.3, 0.4) is 0 Å². The van der Waals surface area contributed by atoms with E-state index in [0.717, 1.165) is 33.8 Å². The second-order valence-electron chi connectivity index (χ2n) is 11.7. The maximum absolute atomic E-state index is 4.26. The molecule has 0 aliphatic carbocycles. The first kappa shape index (κ1) is 28.8. The molecule has 0 aliphatic heterocycles. The lowest BCUT2D eigenvalue weighted by Crippen LogP contribution is -2.12. The lowest BCUT2D eigenvalue weighted by atomic mass is 9.94. The van der Waals surface area contributed by atoms with Crippen molar-refractivity contribution in [2.75, 3.05) is 4.90 Å². The molecule has 0 bridgehead atoms. The quantitative estimate of drug-likeness (QED) is 0.172. The van der Waals surface area contributed by atoms with E-state index in [-0.39, 0.29) is 0 Å². The third-order valence-corrected chi connectivity index (χ3v) is 10.5. The Bertz CT molecular complexity index is 2590. The van der Waals surface area contributed by atoms with Crippen molar-refractivity contribution in [1.82, 2.24) is 0 Å². The number of hydrogen-bond donors (Lipinski definition) is 0. The summed E-state index contributed by atoms with van der Waals surface area (Å²) < 4.78 is 2.46. The molecule has 0 atom stereocenters. The van der Waals surface area contributed by atoms with E-state index < -0.39 is 0 Å². The smallest absolute Gasteiger partial charge is 0.0640 e. The fourth-order valence-corrected chi connectivity index (χ4v) is 8.64. The van der Waals surface area contributed by atoms with Crippen molar-refractivity contribution in [3.63, 3.8) is 0 Å². The van der Waals surface area contributed by atoms with Gasteiger partial charge in [0.15, 0.2) is 0 Å². The molecule has 1 nitrogen and oxygen atoms in total. The Kier molecular flexibility index (Phi) is 7.09. The number of thiophene rings is 1. The summed E-state index contributed by atoms with van der Waals surface area (Å²) in [6.07, 6.45) is 10.2. The minimum atomic E-state index is 1.10. The van der Waals surface area contributed by atoms with Crippen LogP contribution in [0.1, 0.15) is 29.2 Å². The fraction of sp³-hybridized carbons (Fsp3) is 0.0222. The number of rotatable bonds is 7. The Morgan fingerprint density at radius 2 is 1.11 bits per heavy atom. The van der Waals surface area contributed by atoms with Crippen molar-refractivity contribution in [2.24, 2.45) is 0 Å². The third-order valence-electron chi connectivity index (χ3n) is 9.26. The van der Waals surface area contributed by atoms with Gasteiger partial charge in [0.2, 0.25) is 0 Å². The molecule has 1 aromatic heterocycles. The van der Waals surface area contributed by atoms with E-state index in [9.17, 15) is 0 Å². The molecular formula is C45H33NS. The van der Waals surface area contributed by atoms with Gasteiger partial charge in [-0.15, -0.1) is 11.3 Å². The molecule has 1 heterocycles. The maximum atomic E-state index is 4.26. The Labute approximate surface area is 279 Å². The highest BCUT2D eigenvalue weighted by atomic mass is 32.1. The topological polar surface area (TPSA) is 3.24 Å². The summed E-state index contributed by atoms with van der Waals surface area (Å²) in [4.78, 5) is 2.47. The van der Waals surface area contributed by atoms with Crippen LogP contribution in [-0.4, -0.2) is 0 Å². The minimum Gasteiger partial charge on any atom is -0.308 e. The van der Waals surface area contributed by atoms with Crippen LogP contribution in [0.4, 0.5) is 17.1 Å². The molecule has 0 unspecified atom stereocenters. The predicted molar refractivity (Wildman–Crippen MR) is 212 cm³/mol. The summed E-state index contributed by atoms with van der Waals surface area (Å²) in [7, 11) is 0. The van der Waals surface area contributed by atoms with E-state index in [0.29, 0.717) is 0 Å². The minimum absolute atomic E-state index is 1.10. The van der Waals surface area contributed by atoms with E-state index in [4.69, 9.17) is 0 Å². The van der Waals surface area contributed by atoms with Crippen molar-refractivity contribution in [2.45, 2.75) is 6.92 Å². The van der Waals surface area contributed by atoms with Gasteiger partial charge in [0.1, 0.15) is 0 Å². The van der Waals surface area contributed by atoms with Gasteiger partial charge >= 0.3 is 0 Å². The Hall–Kier alpha value is -5.70. The normalized spacial score (nSPS) is 11.7. The number of allylic oxidation sites excluding steroid dienone is 1. The van der Waals surface area contributed by atoms with Crippen LogP contribution < -0.4 is 4.90 Å². The van der Waals surface area contributed by atoms with Crippen molar-refractivity contribution >= 4 is 105 Å².